The second kappa shape index (κ2) is 9.05. The van der Waals surface area contributed by atoms with Crippen LogP contribution in [0.1, 0.15) is 31.0 Å². The molecule has 0 bridgehead atoms. The number of likely N-dealkylation sites (tertiary alicyclic amines) is 1. The summed E-state index contributed by atoms with van der Waals surface area (Å²) >= 11 is 0. The Bertz CT molecular complexity index is 1080. The molecule has 6 heteroatoms. The van der Waals surface area contributed by atoms with E-state index in [1.54, 1.807) is 0 Å². The predicted molar refractivity (Wildman–Crippen MR) is 118 cm³/mol. The van der Waals surface area contributed by atoms with Gasteiger partial charge in [0, 0.05) is 29.6 Å². The number of aryl methyl sites for hydroxylation is 1. The van der Waals surface area contributed by atoms with Crippen molar-refractivity contribution in [2.45, 2.75) is 38.8 Å². The Kier molecular flexibility index (Phi) is 6.05. The predicted octanol–water partition coefficient (Wildman–Crippen LogP) is 3.60. The third-order valence-electron chi connectivity index (χ3n) is 5.46. The van der Waals surface area contributed by atoms with Crippen molar-refractivity contribution in [1.29, 1.82) is 0 Å². The molecule has 2 aromatic carbocycles. The zero-order valence-electron chi connectivity index (χ0n) is 17.1. The highest BCUT2D eigenvalue weighted by molar-refractivity contribution is 5.95. The van der Waals surface area contributed by atoms with Gasteiger partial charge < -0.3 is 10.3 Å². The summed E-state index contributed by atoms with van der Waals surface area (Å²) in [4.78, 5) is 34.4. The molecule has 6 nitrogen and oxygen atoms in total. The van der Waals surface area contributed by atoms with Crippen molar-refractivity contribution in [2.75, 3.05) is 11.9 Å². The summed E-state index contributed by atoms with van der Waals surface area (Å²) in [7, 11) is 0. The molecule has 1 amide bonds. The molecule has 1 aliphatic heterocycles. The smallest absolute Gasteiger partial charge is 0.251 e. The number of rotatable bonds is 6. The zero-order valence-corrected chi connectivity index (χ0v) is 17.1. The molecule has 1 aliphatic rings. The first-order chi connectivity index (χ1) is 14.6. The van der Waals surface area contributed by atoms with Crippen molar-refractivity contribution in [3.63, 3.8) is 0 Å². The van der Waals surface area contributed by atoms with Gasteiger partial charge in [-0.05, 0) is 43.5 Å². The van der Waals surface area contributed by atoms with Crippen LogP contribution in [0.4, 0.5) is 5.69 Å². The Morgan fingerprint density at radius 3 is 2.80 bits per heavy atom. The molecule has 1 saturated heterocycles. The van der Waals surface area contributed by atoms with Gasteiger partial charge in [0.05, 0.1) is 6.04 Å². The topological polar surface area (TPSA) is 78.1 Å². The third-order valence-corrected chi connectivity index (χ3v) is 5.46. The summed E-state index contributed by atoms with van der Waals surface area (Å²) < 4.78 is 0. The van der Waals surface area contributed by atoms with Crippen molar-refractivity contribution < 1.29 is 4.79 Å². The van der Waals surface area contributed by atoms with E-state index in [0.29, 0.717) is 17.9 Å². The standard InChI is InChI=1S/C24H26N4O2/c1-2-19-15-22(29)27-23(25-19)18-10-6-11-20(14-18)26-24(30)21-12-7-13-28(21)16-17-8-4-3-5-9-17/h3-6,8-11,14-15,21H,2,7,12-13,16H2,1H3,(H,26,30)(H,25,27,29). The van der Waals surface area contributed by atoms with Gasteiger partial charge >= 0.3 is 0 Å². The average molecular weight is 402 g/mol. The fraction of sp³-hybridized carbons (Fsp3) is 0.292. The number of H-pyrrole nitrogens is 1. The normalized spacial score (nSPS) is 16.5. The van der Waals surface area contributed by atoms with Crippen LogP contribution in [0.2, 0.25) is 0 Å². The molecule has 154 valence electrons. The molecule has 0 aliphatic carbocycles. The van der Waals surface area contributed by atoms with Crippen LogP contribution < -0.4 is 10.9 Å². The van der Waals surface area contributed by atoms with Gasteiger partial charge in [-0.3, -0.25) is 14.5 Å². The van der Waals surface area contributed by atoms with Gasteiger partial charge in [-0.15, -0.1) is 0 Å². The number of carbonyl (C=O) groups excluding carboxylic acids is 1. The van der Waals surface area contributed by atoms with E-state index in [1.165, 1.54) is 11.6 Å². The van der Waals surface area contributed by atoms with Gasteiger partial charge in [0.2, 0.25) is 5.91 Å². The molecule has 30 heavy (non-hydrogen) atoms. The van der Waals surface area contributed by atoms with Crippen molar-refractivity contribution in [3.8, 4) is 11.4 Å². The maximum atomic E-state index is 13.0. The summed E-state index contributed by atoms with van der Waals surface area (Å²) in [6, 6.07) is 19.1. The first-order valence-electron chi connectivity index (χ1n) is 10.4. The molecule has 1 unspecified atom stereocenters. The highest BCUT2D eigenvalue weighted by Gasteiger charge is 2.30. The van der Waals surface area contributed by atoms with Crippen LogP contribution in [-0.4, -0.2) is 33.4 Å². The Balaban J connectivity index is 1.49. The minimum atomic E-state index is -0.172. The van der Waals surface area contributed by atoms with Crippen LogP contribution in [0.25, 0.3) is 11.4 Å². The van der Waals surface area contributed by atoms with Crippen molar-refractivity contribution in [2.24, 2.45) is 0 Å². The molecule has 0 saturated carbocycles. The van der Waals surface area contributed by atoms with Crippen LogP contribution in [0.5, 0.6) is 0 Å². The summed E-state index contributed by atoms with van der Waals surface area (Å²) in [6.07, 6.45) is 2.55. The molecular weight excluding hydrogens is 376 g/mol. The highest BCUT2D eigenvalue weighted by Crippen LogP contribution is 2.23. The monoisotopic (exact) mass is 402 g/mol. The quantitative estimate of drug-likeness (QED) is 0.660. The van der Waals surface area contributed by atoms with Gasteiger partial charge in [-0.2, -0.15) is 0 Å². The second-order valence-electron chi connectivity index (χ2n) is 7.62. The van der Waals surface area contributed by atoms with E-state index in [9.17, 15) is 9.59 Å². The lowest BCUT2D eigenvalue weighted by atomic mass is 10.1. The Hall–Kier alpha value is -3.25. The van der Waals surface area contributed by atoms with Crippen LogP contribution in [0, 0.1) is 0 Å². The van der Waals surface area contributed by atoms with E-state index in [-0.39, 0.29) is 17.5 Å². The average Bonchev–Trinajstić information content (AvgIpc) is 3.22. The lowest BCUT2D eigenvalue weighted by Crippen LogP contribution is -2.39. The van der Waals surface area contributed by atoms with E-state index in [1.807, 2.05) is 49.4 Å². The highest BCUT2D eigenvalue weighted by atomic mass is 16.2. The van der Waals surface area contributed by atoms with Crippen molar-refractivity contribution in [1.82, 2.24) is 14.9 Å². The number of anilines is 1. The van der Waals surface area contributed by atoms with Gasteiger partial charge in [0.1, 0.15) is 5.82 Å². The maximum Gasteiger partial charge on any atom is 0.251 e. The number of carbonyl (C=O) groups is 1. The number of benzene rings is 2. The molecule has 4 rings (SSSR count). The first-order valence-corrected chi connectivity index (χ1v) is 10.4. The number of aromatic nitrogens is 2. The van der Waals surface area contributed by atoms with Crippen LogP contribution in [0.15, 0.2) is 65.5 Å². The number of amides is 1. The Morgan fingerprint density at radius 1 is 1.17 bits per heavy atom. The number of hydrogen-bond donors (Lipinski definition) is 2. The summed E-state index contributed by atoms with van der Waals surface area (Å²) in [6.45, 7) is 3.65. The van der Waals surface area contributed by atoms with Crippen LogP contribution in [0.3, 0.4) is 0 Å². The van der Waals surface area contributed by atoms with E-state index in [4.69, 9.17) is 0 Å². The van der Waals surface area contributed by atoms with E-state index in [2.05, 4.69) is 32.3 Å². The SMILES string of the molecule is CCc1cc(=O)[nH]c(-c2cccc(NC(=O)C3CCCN3Cc3ccccc3)c2)n1. The molecule has 2 N–H and O–H groups in total. The van der Waals surface area contributed by atoms with Crippen molar-refractivity contribution in [3.05, 3.63) is 82.3 Å². The molecule has 0 spiro atoms. The molecule has 0 radical (unpaired) electrons. The first kappa shape index (κ1) is 20.0. The molecule has 1 atom stereocenters. The van der Waals surface area contributed by atoms with E-state index >= 15 is 0 Å². The molecule has 1 fully saturated rings. The number of nitrogens with zero attached hydrogens (tertiary/aromatic N) is 2. The Morgan fingerprint density at radius 2 is 2.00 bits per heavy atom. The lowest BCUT2D eigenvalue weighted by Gasteiger charge is -2.23. The minimum Gasteiger partial charge on any atom is -0.325 e. The number of nitrogens with one attached hydrogen (secondary N) is 2. The number of hydrogen-bond acceptors (Lipinski definition) is 4. The van der Waals surface area contributed by atoms with E-state index < -0.39 is 0 Å². The second-order valence-corrected chi connectivity index (χ2v) is 7.62. The maximum absolute atomic E-state index is 13.0. The number of aromatic amines is 1. The minimum absolute atomic E-state index is 0.00402. The molecule has 2 heterocycles. The largest absolute Gasteiger partial charge is 0.325 e. The fourth-order valence-electron chi connectivity index (χ4n) is 3.93. The van der Waals surface area contributed by atoms with Crippen molar-refractivity contribution >= 4 is 11.6 Å². The summed E-state index contributed by atoms with van der Waals surface area (Å²) in [5.74, 6) is 0.520. The van der Waals surface area contributed by atoms with E-state index in [0.717, 1.165) is 37.2 Å². The third kappa shape index (κ3) is 4.66. The zero-order chi connectivity index (χ0) is 20.9. The van der Waals surface area contributed by atoms with Gasteiger partial charge in [0.25, 0.3) is 5.56 Å². The van der Waals surface area contributed by atoms with Gasteiger partial charge in [0.15, 0.2) is 0 Å². The summed E-state index contributed by atoms with van der Waals surface area (Å²) in [5.41, 5.74) is 3.26. The molecule has 1 aromatic heterocycles. The lowest BCUT2D eigenvalue weighted by molar-refractivity contribution is -0.120. The fourth-order valence-corrected chi connectivity index (χ4v) is 3.93. The van der Waals surface area contributed by atoms with Crippen LogP contribution >= 0.6 is 0 Å². The van der Waals surface area contributed by atoms with Crippen LogP contribution in [-0.2, 0) is 17.8 Å². The van der Waals surface area contributed by atoms with Gasteiger partial charge in [-0.1, -0.05) is 49.4 Å². The van der Waals surface area contributed by atoms with Gasteiger partial charge in [-0.25, -0.2) is 4.98 Å². The Labute approximate surface area is 176 Å². The molecular formula is C24H26N4O2. The molecule has 3 aromatic rings. The summed E-state index contributed by atoms with van der Waals surface area (Å²) in [5, 5.41) is 3.05.